The van der Waals surface area contributed by atoms with Crippen molar-refractivity contribution < 1.29 is 23.7 Å². The molecule has 7 nitrogen and oxygen atoms in total. The number of amides is 1. The lowest BCUT2D eigenvalue weighted by Gasteiger charge is -2.11. The standard InChI is InChI=1S/C24H23ClN2O5/c1-29-21-5-3-4-17(12-21)15-32-23-11-10-22(30-2)13-18(23)14-26-27-24(28)16-31-20-8-6-19(25)7-9-20/h3-14H,15-16H2,1-2H3,(H,27,28)/b26-14+. The van der Waals surface area contributed by atoms with Crippen LogP contribution in [0.4, 0.5) is 0 Å². The van der Waals surface area contributed by atoms with Crippen LogP contribution in [0.25, 0.3) is 0 Å². The second-order valence-electron chi connectivity index (χ2n) is 6.58. The molecule has 0 saturated heterocycles. The SMILES string of the molecule is COc1cccc(COc2ccc(OC)cc2/C=N/NC(=O)COc2ccc(Cl)cc2)c1. The molecule has 8 heteroatoms. The number of halogens is 1. The number of nitrogens with one attached hydrogen (secondary N) is 1. The molecule has 1 amide bonds. The summed E-state index contributed by atoms with van der Waals surface area (Å²) in [6.07, 6.45) is 1.49. The fourth-order valence-electron chi connectivity index (χ4n) is 2.69. The second-order valence-corrected chi connectivity index (χ2v) is 7.02. The first kappa shape index (κ1) is 23.0. The molecule has 32 heavy (non-hydrogen) atoms. The van der Waals surface area contributed by atoms with Crippen molar-refractivity contribution in [2.75, 3.05) is 20.8 Å². The van der Waals surface area contributed by atoms with Crippen LogP contribution in [0.5, 0.6) is 23.0 Å². The van der Waals surface area contributed by atoms with Gasteiger partial charge >= 0.3 is 0 Å². The van der Waals surface area contributed by atoms with E-state index in [1.165, 1.54) is 6.21 Å². The molecule has 0 aliphatic carbocycles. The summed E-state index contributed by atoms with van der Waals surface area (Å²) in [5.41, 5.74) is 4.03. The van der Waals surface area contributed by atoms with Crippen LogP contribution in [0.2, 0.25) is 5.02 Å². The van der Waals surface area contributed by atoms with Gasteiger partial charge in [0.2, 0.25) is 0 Å². The van der Waals surface area contributed by atoms with E-state index in [0.717, 1.165) is 11.3 Å². The maximum atomic E-state index is 12.0. The Kier molecular flexibility index (Phi) is 8.34. The van der Waals surface area contributed by atoms with Crippen molar-refractivity contribution in [2.24, 2.45) is 5.10 Å². The quantitative estimate of drug-likeness (QED) is 0.361. The van der Waals surface area contributed by atoms with Crippen LogP contribution in [0.15, 0.2) is 71.8 Å². The van der Waals surface area contributed by atoms with E-state index in [2.05, 4.69) is 10.5 Å². The normalized spacial score (nSPS) is 10.6. The lowest BCUT2D eigenvalue weighted by molar-refractivity contribution is -0.123. The highest BCUT2D eigenvalue weighted by molar-refractivity contribution is 6.30. The van der Waals surface area contributed by atoms with E-state index >= 15 is 0 Å². The minimum absolute atomic E-state index is 0.184. The van der Waals surface area contributed by atoms with Crippen LogP contribution >= 0.6 is 11.6 Å². The number of ether oxygens (including phenoxy) is 4. The van der Waals surface area contributed by atoms with Crippen molar-refractivity contribution in [3.8, 4) is 23.0 Å². The molecule has 0 radical (unpaired) electrons. The van der Waals surface area contributed by atoms with Gasteiger partial charge in [-0.25, -0.2) is 5.43 Å². The zero-order chi connectivity index (χ0) is 22.8. The number of carbonyl (C=O) groups excluding carboxylic acids is 1. The van der Waals surface area contributed by atoms with Gasteiger partial charge in [-0.1, -0.05) is 23.7 Å². The summed E-state index contributed by atoms with van der Waals surface area (Å²) >= 11 is 5.83. The first-order valence-corrected chi connectivity index (χ1v) is 10.1. The van der Waals surface area contributed by atoms with E-state index in [9.17, 15) is 4.79 Å². The molecule has 0 spiro atoms. The Hall–Kier alpha value is -3.71. The fraction of sp³-hybridized carbons (Fsp3) is 0.167. The average molecular weight is 455 g/mol. The zero-order valence-electron chi connectivity index (χ0n) is 17.7. The monoisotopic (exact) mass is 454 g/mol. The number of nitrogens with zero attached hydrogens (tertiary/aromatic N) is 1. The van der Waals surface area contributed by atoms with Crippen molar-refractivity contribution in [1.29, 1.82) is 0 Å². The van der Waals surface area contributed by atoms with Gasteiger partial charge in [0.15, 0.2) is 6.61 Å². The van der Waals surface area contributed by atoms with E-state index in [4.69, 9.17) is 30.5 Å². The highest BCUT2D eigenvalue weighted by atomic mass is 35.5. The van der Waals surface area contributed by atoms with Crippen molar-refractivity contribution in [3.63, 3.8) is 0 Å². The third kappa shape index (κ3) is 6.92. The molecular weight excluding hydrogens is 432 g/mol. The molecule has 0 aromatic heterocycles. The summed E-state index contributed by atoms with van der Waals surface area (Å²) in [5.74, 6) is 2.11. The maximum absolute atomic E-state index is 12.0. The van der Waals surface area contributed by atoms with Gasteiger partial charge in [-0.05, 0) is 60.2 Å². The van der Waals surface area contributed by atoms with Crippen LogP contribution < -0.4 is 24.4 Å². The van der Waals surface area contributed by atoms with Crippen molar-refractivity contribution >= 4 is 23.7 Å². The number of methoxy groups -OCH3 is 2. The smallest absolute Gasteiger partial charge is 0.277 e. The van der Waals surface area contributed by atoms with Gasteiger partial charge in [0.05, 0.1) is 20.4 Å². The van der Waals surface area contributed by atoms with E-state index in [1.807, 2.05) is 24.3 Å². The van der Waals surface area contributed by atoms with Crippen LogP contribution in [0.3, 0.4) is 0 Å². The fourth-order valence-corrected chi connectivity index (χ4v) is 2.82. The molecule has 3 aromatic rings. The molecule has 0 fully saturated rings. The van der Waals surface area contributed by atoms with E-state index in [0.29, 0.717) is 34.4 Å². The third-order valence-corrected chi connectivity index (χ3v) is 4.57. The first-order chi connectivity index (χ1) is 15.6. The first-order valence-electron chi connectivity index (χ1n) is 9.71. The predicted octanol–water partition coefficient (Wildman–Crippen LogP) is 4.47. The lowest BCUT2D eigenvalue weighted by atomic mass is 10.2. The number of carbonyl (C=O) groups is 1. The Morgan fingerprint density at radius 3 is 2.41 bits per heavy atom. The van der Waals surface area contributed by atoms with Gasteiger partial charge < -0.3 is 18.9 Å². The number of benzene rings is 3. The summed E-state index contributed by atoms with van der Waals surface area (Å²) in [7, 11) is 3.19. The van der Waals surface area contributed by atoms with Gasteiger partial charge in [-0.15, -0.1) is 0 Å². The van der Waals surface area contributed by atoms with Gasteiger partial charge in [0.25, 0.3) is 5.91 Å². The third-order valence-electron chi connectivity index (χ3n) is 4.32. The highest BCUT2D eigenvalue weighted by Gasteiger charge is 2.07. The molecule has 0 unspecified atom stereocenters. The van der Waals surface area contributed by atoms with E-state index < -0.39 is 5.91 Å². The summed E-state index contributed by atoms with van der Waals surface area (Å²) in [6.45, 7) is 0.155. The van der Waals surface area contributed by atoms with Crippen LogP contribution in [-0.4, -0.2) is 32.9 Å². The summed E-state index contributed by atoms with van der Waals surface area (Å²) in [6, 6.07) is 19.7. The second kappa shape index (κ2) is 11.6. The highest BCUT2D eigenvalue weighted by Crippen LogP contribution is 2.24. The van der Waals surface area contributed by atoms with E-state index in [1.54, 1.807) is 56.7 Å². The number of hydrogen-bond acceptors (Lipinski definition) is 6. The van der Waals surface area contributed by atoms with Gasteiger partial charge in [-0.3, -0.25) is 4.79 Å². The van der Waals surface area contributed by atoms with Crippen LogP contribution in [0.1, 0.15) is 11.1 Å². The van der Waals surface area contributed by atoms with E-state index in [-0.39, 0.29) is 6.61 Å². The van der Waals surface area contributed by atoms with Crippen LogP contribution in [0, 0.1) is 0 Å². The largest absolute Gasteiger partial charge is 0.497 e. The number of hydrazone groups is 1. The topological polar surface area (TPSA) is 78.4 Å². The minimum Gasteiger partial charge on any atom is -0.497 e. The Morgan fingerprint density at radius 1 is 0.938 bits per heavy atom. The van der Waals surface area contributed by atoms with Gasteiger partial charge in [0, 0.05) is 10.6 Å². The molecule has 166 valence electrons. The molecule has 0 heterocycles. The predicted molar refractivity (Wildman–Crippen MR) is 123 cm³/mol. The maximum Gasteiger partial charge on any atom is 0.277 e. The zero-order valence-corrected chi connectivity index (χ0v) is 18.5. The summed E-state index contributed by atoms with van der Waals surface area (Å²) < 4.78 is 21.9. The molecule has 0 bridgehead atoms. The molecule has 0 saturated carbocycles. The van der Waals surface area contributed by atoms with Crippen molar-refractivity contribution in [2.45, 2.75) is 6.61 Å². The van der Waals surface area contributed by atoms with Gasteiger partial charge in [0.1, 0.15) is 29.6 Å². The molecule has 0 atom stereocenters. The molecular formula is C24H23ClN2O5. The van der Waals surface area contributed by atoms with Crippen molar-refractivity contribution in [3.05, 3.63) is 82.9 Å². The summed E-state index contributed by atoms with van der Waals surface area (Å²) in [5, 5.41) is 4.60. The number of rotatable bonds is 10. The molecule has 0 aliphatic rings. The average Bonchev–Trinajstić information content (AvgIpc) is 2.83. The lowest BCUT2D eigenvalue weighted by Crippen LogP contribution is -2.24. The summed E-state index contributed by atoms with van der Waals surface area (Å²) in [4.78, 5) is 12.0. The minimum atomic E-state index is -0.405. The number of hydrogen-bond donors (Lipinski definition) is 1. The van der Waals surface area contributed by atoms with Gasteiger partial charge in [-0.2, -0.15) is 5.10 Å². The molecule has 0 aliphatic heterocycles. The Balaban J connectivity index is 1.60. The molecule has 3 aromatic carbocycles. The Morgan fingerprint density at radius 2 is 1.66 bits per heavy atom. The van der Waals surface area contributed by atoms with Crippen LogP contribution in [-0.2, 0) is 11.4 Å². The Bertz CT molecular complexity index is 1070. The molecule has 3 rings (SSSR count). The van der Waals surface area contributed by atoms with Crippen molar-refractivity contribution in [1.82, 2.24) is 5.43 Å². The molecule has 1 N–H and O–H groups in total. The Labute approximate surface area is 191 Å².